The normalized spacial score (nSPS) is 18.4. The second-order valence-corrected chi connectivity index (χ2v) is 7.84. The Balaban J connectivity index is 2.05. The standard InChI is InChI=1S/C14H19N5O3S/c1-9-7-12(21)17-18-13(9)10-3-5-11(6-4-10)16-14(15)19-23(2,22)8-20/h3-6,8-9,23H,7H2,1-2H3,(H,17,21)(H3,15,16,19,22). The van der Waals surface area contributed by atoms with E-state index in [2.05, 4.69) is 20.6 Å². The van der Waals surface area contributed by atoms with E-state index in [4.69, 9.17) is 5.41 Å². The summed E-state index contributed by atoms with van der Waals surface area (Å²) < 4.78 is 13.9. The maximum Gasteiger partial charge on any atom is 0.240 e. The fraction of sp³-hybridized carbons (Fsp3) is 0.286. The molecule has 1 aromatic carbocycles. The van der Waals surface area contributed by atoms with Crippen LogP contribution in [0.25, 0.3) is 0 Å². The summed E-state index contributed by atoms with van der Waals surface area (Å²) in [6.45, 7) is 1.93. The first-order valence-corrected chi connectivity index (χ1v) is 9.17. The highest BCUT2D eigenvalue weighted by atomic mass is 32.3. The summed E-state index contributed by atoms with van der Waals surface area (Å²) in [6, 6.07) is 7.10. The molecular formula is C14H19N5O3S. The second kappa shape index (κ2) is 6.69. The molecule has 1 unspecified atom stereocenters. The van der Waals surface area contributed by atoms with Crippen molar-refractivity contribution in [2.45, 2.75) is 13.3 Å². The molecule has 1 aromatic rings. The number of carbonyl (C=O) groups excluding carboxylic acids is 2. The number of anilines is 1. The van der Waals surface area contributed by atoms with Crippen LogP contribution in [0.4, 0.5) is 5.69 Å². The van der Waals surface area contributed by atoms with Crippen molar-refractivity contribution in [1.82, 2.24) is 10.1 Å². The van der Waals surface area contributed by atoms with E-state index in [0.29, 0.717) is 17.7 Å². The number of thiol groups is 1. The number of guanidine groups is 1. The van der Waals surface area contributed by atoms with Crippen molar-refractivity contribution < 1.29 is 13.8 Å². The van der Waals surface area contributed by atoms with Gasteiger partial charge in [-0.15, -0.1) is 0 Å². The molecule has 0 spiro atoms. The van der Waals surface area contributed by atoms with Crippen molar-refractivity contribution in [3.63, 3.8) is 0 Å². The van der Waals surface area contributed by atoms with Crippen LogP contribution in [0.5, 0.6) is 0 Å². The number of benzene rings is 1. The highest BCUT2D eigenvalue weighted by molar-refractivity contribution is 8.13. The summed E-state index contributed by atoms with van der Waals surface area (Å²) >= 11 is 0. The van der Waals surface area contributed by atoms with Crippen LogP contribution in [0.2, 0.25) is 0 Å². The summed E-state index contributed by atoms with van der Waals surface area (Å²) in [7, 11) is -3.19. The number of nitrogens with one attached hydrogen (secondary N) is 4. The van der Waals surface area contributed by atoms with Crippen LogP contribution in [-0.4, -0.2) is 33.7 Å². The van der Waals surface area contributed by atoms with Crippen LogP contribution < -0.4 is 15.5 Å². The molecule has 23 heavy (non-hydrogen) atoms. The minimum atomic E-state index is -3.19. The molecule has 0 aliphatic carbocycles. The van der Waals surface area contributed by atoms with Crippen LogP contribution in [0.1, 0.15) is 18.9 Å². The van der Waals surface area contributed by atoms with E-state index in [9.17, 15) is 13.8 Å². The molecule has 0 aromatic heterocycles. The third kappa shape index (κ3) is 4.46. The SMILES string of the molecule is CC1CC(=O)NN=C1c1ccc(NC(=N)N[SH](C)(=O)C=O)cc1. The number of hydrogen-bond donors (Lipinski definition) is 5. The second-order valence-electron chi connectivity index (χ2n) is 5.42. The maximum absolute atomic E-state index is 11.6. The first-order valence-electron chi connectivity index (χ1n) is 6.95. The zero-order valence-corrected chi connectivity index (χ0v) is 13.7. The van der Waals surface area contributed by atoms with E-state index in [1.807, 2.05) is 19.1 Å². The monoisotopic (exact) mass is 337 g/mol. The van der Waals surface area contributed by atoms with Gasteiger partial charge in [-0.3, -0.25) is 23.9 Å². The molecule has 1 heterocycles. The molecule has 8 nitrogen and oxygen atoms in total. The van der Waals surface area contributed by atoms with E-state index in [-0.39, 0.29) is 17.8 Å². The van der Waals surface area contributed by atoms with Crippen LogP contribution in [0.15, 0.2) is 29.4 Å². The number of carbonyl (C=O) groups is 2. The van der Waals surface area contributed by atoms with Gasteiger partial charge in [-0.1, -0.05) is 19.1 Å². The van der Waals surface area contributed by atoms with Crippen molar-refractivity contribution >= 4 is 39.0 Å². The van der Waals surface area contributed by atoms with Gasteiger partial charge in [0.05, 0.1) is 5.71 Å². The fourth-order valence-corrected chi connectivity index (χ4v) is 2.70. The van der Waals surface area contributed by atoms with Crippen LogP contribution in [0, 0.1) is 11.3 Å². The Hall–Kier alpha value is -2.55. The molecule has 0 fully saturated rings. The molecule has 0 saturated heterocycles. The van der Waals surface area contributed by atoms with Crippen molar-refractivity contribution in [2.75, 3.05) is 11.6 Å². The molecule has 1 amide bonds. The molecular weight excluding hydrogens is 318 g/mol. The summed E-state index contributed by atoms with van der Waals surface area (Å²) in [5.41, 5.74) is 5.04. The topological polar surface area (TPSA) is 124 Å². The van der Waals surface area contributed by atoms with Gasteiger partial charge in [-0.25, -0.2) is 5.43 Å². The lowest BCUT2D eigenvalue weighted by Gasteiger charge is -2.19. The van der Waals surface area contributed by atoms with Gasteiger partial charge < -0.3 is 5.32 Å². The lowest BCUT2D eigenvalue weighted by Crippen LogP contribution is -2.39. The Kier molecular flexibility index (Phi) is 4.89. The molecule has 124 valence electrons. The van der Waals surface area contributed by atoms with E-state index in [1.54, 1.807) is 12.1 Å². The summed E-state index contributed by atoms with van der Waals surface area (Å²) in [6.07, 6.45) is 1.64. The highest BCUT2D eigenvalue weighted by Gasteiger charge is 2.21. The lowest BCUT2D eigenvalue weighted by atomic mass is 9.94. The molecule has 1 aliphatic rings. The summed E-state index contributed by atoms with van der Waals surface area (Å²) in [4.78, 5) is 21.9. The van der Waals surface area contributed by atoms with Gasteiger partial charge in [0.1, 0.15) is 0 Å². The van der Waals surface area contributed by atoms with E-state index >= 15 is 0 Å². The Labute approximate surface area is 134 Å². The number of amides is 1. The molecule has 1 aliphatic heterocycles. The predicted octanol–water partition coefficient (Wildman–Crippen LogP) is 0.235. The molecule has 0 saturated carbocycles. The third-order valence-electron chi connectivity index (χ3n) is 3.24. The summed E-state index contributed by atoms with van der Waals surface area (Å²) in [5, 5.41) is 14.5. The van der Waals surface area contributed by atoms with Crippen molar-refractivity contribution in [3.05, 3.63) is 29.8 Å². The molecule has 1 atom stereocenters. The van der Waals surface area contributed by atoms with Gasteiger partial charge in [0.25, 0.3) is 0 Å². The quantitative estimate of drug-likeness (QED) is 0.234. The van der Waals surface area contributed by atoms with Gasteiger partial charge in [0, 0.05) is 34.4 Å². The van der Waals surface area contributed by atoms with E-state index in [1.165, 1.54) is 6.26 Å². The zero-order chi connectivity index (χ0) is 17.0. The largest absolute Gasteiger partial charge is 0.326 e. The molecule has 9 heteroatoms. The van der Waals surface area contributed by atoms with Crippen LogP contribution in [-0.2, 0) is 19.7 Å². The minimum Gasteiger partial charge on any atom is -0.326 e. The Morgan fingerprint density at radius 1 is 1.43 bits per heavy atom. The van der Waals surface area contributed by atoms with E-state index in [0.717, 1.165) is 11.3 Å². The predicted molar refractivity (Wildman–Crippen MR) is 91.6 cm³/mol. The first-order chi connectivity index (χ1) is 10.8. The molecule has 4 N–H and O–H groups in total. The fourth-order valence-electron chi connectivity index (χ4n) is 2.15. The van der Waals surface area contributed by atoms with Gasteiger partial charge >= 0.3 is 0 Å². The maximum atomic E-state index is 11.6. The smallest absolute Gasteiger partial charge is 0.240 e. The summed E-state index contributed by atoms with van der Waals surface area (Å²) in [5.74, 6) is -0.286. The lowest BCUT2D eigenvalue weighted by molar-refractivity contribution is -0.121. The molecule has 2 rings (SSSR count). The van der Waals surface area contributed by atoms with Crippen LogP contribution in [0.3, 0.4) is 0 Å². The average molecular weight is 337 g/mol. The first kappa shape index (κ1) is 16.8. The number of hydrogen-bond acceptors (Lipinski definition) is 5. The van der Waals surface area contributed by atoms with Crippen LogP contribution >= 0.6 is 0 Å². The number of hydrazone groups is 1. The Bertz CT molecular complexity index is 714. The third-order valence-corrected chi connectivity index (χ3v) is 4.31. The van der Waals surface area contributed by atoms with Crippen molar-refractivity contribution in [2.24, 2.45) is 11.0 Å². The number of nitrogens with zero attached hydrogens (tertiary/aromatic N) is 1. The number of rotatable bonds is 4. The van der Waals surface area contributed by atoms with Gasteiger partial charge in [0.15, 0.2) is 5.62 Å². The van der Waals surface area contributed by atoms with Gasteiger partial charge in [-0.05, 0) is 17.7 Å². The Morgan fingerprint density at radius 2 is 2.09 bits per heavy atom. The van der Waals surface area contributed by atoms with E-state index < -0.39 is 10.1 Å². The van der Waals surface area contributed by atoms with Gasteiger partial charge in [0.2, 0.25) is 11.9 Å². The zero-order valence-electron chi connectivity index (χ0n) is 12.8. The minimum absolute atomic E-state index is 0.0288. The van der Waals surface area contributed by atoms with Crippen molar-refractivity contribution in [1.29, 1.82) is 5.41 Å². The van der Waals surface area contributed by atoms with Crippen molar-refractivity contribution in [3.8, 4) is 0 Å². The highest BCUT2D eigenvalue weighted by Crippen LogP contribution is 2.18. The average Bonchev–Trinajstić information content (AvgIpc) is 2.48. The molecule has 0 bridgehead atoms. The molecule has 0 radical (unpaired) electrons. The van der Waals surface area contributed by atoms with Gasteiger partial charge in [-0.2, -0.15) is 5.10 Å². The Morgan fingerprint density at radius 3 is 2.65 bits per heavy atom.